The fourth-order valence-corrected chi connectivity index (χ4v) is 3.01. The summed E-state index contributed by atoms with van der Waals surface area (Å²) in [6.07, 6.45) is 1.86. The van der Waals surface area contributed by atoms with Crippen LogP contribution < -0.4 is 5.32 Å². The van der Waals surface area contributed by atoms with E-state index in [2.05, 4.69) is 5.32 Å². The van der Waals surface area contributed by atoms with Gasteiger partial charge < -0.3 is 10.4 Å². The first kappa shape index (κ1) is 14.9. The van der Waals surface area contributed by atoms with E-state index >= 15 is 0 Å². The lowest BCUT2D eigenvalue weighted by Gasteiger charge is -2.26. The van der Waals surface area contributed by atoms with Crippen molar-refractivity contribution in [2.75, 3.05) is 0 Å². The molecule has 1 amide bonds. The van der Waals surface area contributed by atoms with Gasteiger partial charge in [-0.3, -0.25) is 4.79 Å². The Morgan fingerprint density at radius 3 is 2.36 bits per heavy atom. The standard InChI is InChI=1S/C16H17F2NO3/c1-16(15(21)22,8-5-6-8)19-14(20)10-7-9(10)13-11(17)3-2-4-12(13)18/h2-4,8-10H,5-7H2,1H3,(H,19,20)(H,21,22)/t9-,10-,16+/m0/s1. The Morgan fingerprint density at radius 1 is 1.27 bits per heavy atom. The van der Waals surface area contributed by atoms with Gasteiger partial charge in [0.1, 0.15) is 17.2 Å². The monoisotopic (exact) mass is 309 g/mol. The Hall–Kier alpha value is -1.98. The highest BCUT2D eigenvalue weighted by Gasteiger charge is 2.53. The molecule has 0 unspecified atom stereocenters. The molecule has 2 aliphatic rings. The molecule has 0 saturated heterocycles. The number of carbonyl (C=O) groups is 2. The molecule has 2 aliphatic carbocycles. The average molecular weight is 309 g/mol. The summed E-state index contributed by atoms with van der Waals surface area (Å²) < 4.78 is 27.4. The average Bonchev–Trinajstić information content (AvgIpc) is 3.31. The van der Waals surface area contributed by atoms with Gasteiger partial charge in [0.25, 0.3) is 0 Å². The van der Waals surface area contributed by atoms with Crippen molar-refractivity contribution in [3.63, 3.8) is 0 Å². The molecule has 6 heteroatoms. The fraction of sp³-hybridized carbons (Fsp3) is 0.500. The fourth-order valence-electron chi connectivity index (χ4n) is 3.01. The van der Waals surface area contributed by atoms with Gasteiger partial charge in [-0.05, 0) is 44.2 Å². The number of hydrogen-bond donors (Lipinski definition) is 2. The van der Waals surface area contributed by atoms with Crippen LogP contribution >= 0.6 is 0 Å². The topological polar surface area (TPSA) is 66.4 Å². The number of carboxylic acids is 1. The van der Waals surface area contributed by atoms with E-state index < -0.39 is 40.9 Å². The Kier molecular flexibility index (Phi) is 3.42. The maximum atomic E-state index is 13.7. The van der Waals surface area contributed by atoms with Crippen LogP contribution in [0.2, 0.25) is 0 Å². The van der Waals surface area contributed by atoms with Gasteiger partial charge in [0.05, 0.1) is 0 Å². The summed E-state index contributed by atoms with van der Waals surface area (Å²) in [6, 6.07) is 3.61. The summed E-state index contributed by atoms with van der Waals surface area (Å²) in [4.78, 5) is 23.7. The normalized spacial score (nSPS) is 26.1. The molecule has 22 heavy (non-hydrogen) atoms. The number of hydrogen-bond acceptors (Lipinski definition) is 2. The number of benzene rings is 1. The molecule has 3 atom stereocenters. The van der Waals surface area contributed by atoms with Crippen LogP contribution in [-0.2, 0) is 9.59 Å². The lowest BCUT2D eigenvalue weighted by Crippen LogP contribution is -2.54. The molecular formula is C16H17F2NO3. The SMILES string of the molecule is C[C@](NC(=O)[C@H]1C[C@@H]1c1c(F)cccc1F)(C(=O)O)C1CC1. The highest BCUT2D eigenvalue weighted by molar-refractivity contribution is 5.90. The first-order valence-corrected chi connectivity index (χ1v) is 7.34. The van der Waals surface area contributed by atoms with E-state index in [0.717, 1.165) is 25.0 Å². The lowest BCUT2D eigenvalue weighted by atomic mass is 9.95. The Labute approximate surface area is 126 Å². The summed E-state index contributed by atoms with van der Waals surface area (Å²) in [6.45, 7) is 1.49. The molecular weight excluding hydrogens is 292 g/mol. The zero-order valence-corrected chi connectivity index (χ0v) is 12.1. The van der Waals surface area contributed by atoms with Crippen LogP contribution in [0.5, 0.6) is 0 Å². The van der Waals surface area contributed by atoms with Crippen molar-refractivity contribution >= 4 is 11.9 Å². The molecule has 3 rings (SSSR count). The van der Waals surface area contributed by atoms with Crippen LogP contribution in [0.3, 0.4) is 0 Å². The Bertz CT molecular complexity index is 624. The second kappa shape index (κ2) is 5.04. The molecule has 0 spiro atoms. The predicted octanol–water partition coefficient (Wildman–Crippen LogP) is 2.44. The van der Waals surface area contributed by atoms with E-state index in [0.29, 0.717) is 6.42 Å². The van der Waals surface area contributed by atoms with E-state index in [1.807, 2.05) is 0 Å². The molecule has 4 nitrogen and oxygen atoms in total. The molecule has 0 aromatic heterocycles. The Balaban J connectivity index is 1.72. The zero-order valence-electron chi connectivity index (χ0n) is 12.1. The van der Waals surface area contributed by atoms with Crippen LogP contribution in [0.1, 0.15) is 37.7 Å². The van der Waals surface area contributed by atoms with Gasteiger partial charge >= 0.3 is 5.97 Å². The van der Waals surface area contributed by atoms with Crippen molar-refractivity contribution in [3.05, 3.63) is 35.4 Å². The van der Waals surface area contributed by atoms with Crippen molar-refractivity contribution in [2.24, 2.45) is 11.8 Å². The lowest BCUT2D eigenvalue weighted by molar-refractivity contribution is -0.148. The van der Waals surface area contributed by atoms with Crippen molar-refractivity contribution in [3.8, 4) is 0 Å². The van der Waals surface area contributed by atoms with E-state index in [9.17, 15) is 23.5 Å². The second-order valence-corrected chi connectivity index (χ2v) is 6.36. The van der Waals surface area contributed by atoms with E-state index in [-0.39, 0.29) is 11.5 Å². The van der Waals surface area contributed by atoms with Crippen LogP contribution in [0.15, 0.2) is 18.2 Å². The highest BCUT2D eigenvalue weighted by Crippen LogP contribution is 2.50. The summed E-state index contributed by atoms with van der Waals surface area (Å²) in [5, 5.41) is 11.9. The van der Waals surface area contributed by atoms with E-state index in [1.54, 1.807) is 0 Å². The quantitative estimate of drug-likeness (QED) is 0.878. The van der Waals surface area contributed by atoms with Crippen molar-refractivity contribution in [1.82, 2.24) is 5.32 Å². The second-order valence-electron chi connectivity index (χ2n) is 6.36. The molecule has 2 fully saturated rings. The molecule has 2 saturated carbocycles. The first-order chi connectivity index (χ1) is 10.3. The van der Waals surface area contributed by atoms with Gasteiger partial charge in [-0.2, -0.15) is 0 Å². The van der Waals surface area contributed by atoms with Gasteiger partial charge in [-0.15, -0.1) is 0 Å². The van der Waals surface area contributed by atoms with Gasteiger partial charge in [-0.25, -0.2) is 13.6 Å². The summed E-state index contributed by atoms with van der Waals surface area (Å²) in [7, 11) is 0. The van der Waals surface area contributed by atoms with Gasteiger partial charge in [0.15, 0.2) is 0 Å². The molecule has 2 N–H and O–H groups in total. The smallest absolute Gasteiger partial charge is 0.329 e. The van der Waals surface area contributed by atoms with Crippen molar-refractivity contribution in [2.45, 2.75) is 37.6 Å². The van der Waals surface area contributed by atoms with Crippen molar-refractivity contribution in [1.29, 1.82) is 0 Å². The third kappa shape index (κ3) is 2.46. The zero-order chi connectivity index (χ0) is 16.1. The van der Waals surface area contributed by atoms with Crippen LogP contribution in [0.25, 0.3) is 0 Å². The largest absolute Gasteiger partial charge is 0.480 e. The first-order valence-electron chi connectivity index (χ1n) is 7.34. The summed E-state index contributed by atoms with van der Waals surface area (Å²) in [5.74, 6) is -3.99. The van der Waals surface area contributed by atoms with Crippen molar-refractivity contribution < 1.29 is 23.5 Å². The number of aliphatic carboxylic acids is 1. The molecule has 118 valence electrons. The minimum absolute atomic E-state index is 0.0728. The minimum Gasteiger partial charge on any atom is -0.480 e. The third-order valence-electron chi connectivity index (χ3n) is 4.72. The Morgan fingerprint density at radius 2 is 1.86 bits per heavy atom. The van der Waals surface area contributed by atoms with Gasteiger partial charge in [0, 0.05) is 17.4 Å². The summed E-state index contributed by atoms with van der Waals surface area (Å²) >= 11 is 0. The maximum absolute atomic E-state index is 13.7. The number of rotatable bonds is 5. The molecule has 0 radical (unpaired) electrons. The number of amides is 1. The molecule has 0 heterocycles. The van der Waals surface area contributed by atoms with Gasteiger partial charge in [0.2, 0.25) is 5.91 Å². The number of carbonyl (C=O) groups excluding carboxylic acids is 1. The van der Waals surface area contributed by atoms with Crippen LogP contribution in [0, 0.1) is 23.5 Å². The summed E-state index contributed by atoms with van der Waals surface area (Å²) in [5.41, 5.74) is -1.37. The molecule has 1 aromatic rings. The minimum atomic E-state index is -1.29. The maximum Gasteiger partial charge on any atom is 0.329 e. The van der Waals surface area contributed by atoms with Crippen LogP contribution in [-0.4, -0.2) is 22.5 Å². The molecule has 0 bridgehead atoms. The predicted molar refractivity (Wildman–Crippen MR) is 74.1 cm³/mol. The number of nitrogens with one attached hydrogen (secondary N) is 1. The van der Waals surface area contributed by atoms with E-state index in [4.69, 9.17) is 0 Å². The molecule has 0 aliphatic heterocycles. The third-order valence-corrected chi connectivity index (χ3v) is 4.72. The van der Waals surface area contributed by atoms with E-state index in [1.165, 1.54) is 13.0 Å². The van der Waals surface area contributed by atoms with Gasteiger partial charge in [-0.1, -0.05) is 6.07 Å². The molecule has 1 aromatic carbocycles. The number of halogens is 2. The number of carboxylic acid groups (broad SMARTS) is 1. The van der Waals surface area contributed by atoms with Crippen LogP contribution in [0.4, 0.5) is 8.78 Å². The highest BCUT2D eigenvalue weighted by atomic mass is 19.1.